The van der Waals surface area contributed by atoms with Crippen LogP contribution in [0.1, 0.15) is 22.8 Å². The molecule has 0 spiro atoms. The number of carbonyl (C=O) groups excluding carboxylic acids is 2. The molecule has 1 N–H and O–H groups in total. The summed E-state index contributed by atoms with van der Waals surface area (Å²) in [6.45, 7) is 2.51. The van der Waals surface area contributed by atoms with E-state index in [1.165, 1.54) is 0 Å². The Labute approximate surface area is 169 Å². The van der Waals surface area contributed by atoms with Crippen molar-refractivity contribution in [1.82, 2.24) is 0 Å². The Balaban J connectivity index is 1.59. The van der Waals surface area contributed by atoms with Crippen LogP contribution in [0.2, 0.25) is 0 Å². The summed E-state index contributed by atoms with van der Waals surface area (Å²) in [6, 6.07) is 23.3. The van der Waals surface area contributed by atoms with Crippen LogP contribution < -0.4 is 15.0 Å². The lowest BCUT2D eigenvalue weighted by atomic mass is 10.1. The number of hydrogen-bond donors (Lipinski definition) is 1. The summed E-state index contributed by atoms with van der Waals surface area (Å²) in [6.07, 6.45) is 0.484. The van der Waals surface area contributed by atoms with Gasteiger partial charge in [-0.1, -0.05) is 36.4 Å². The summed E-state index contributed by atoms with van der Waals surface area (Å²) in [4.78, 5) is 27.9. The van der Waals surface area contributed by atoms with Crippen LogP contribution in [0, 0.1) is 0 Å². The quantitative estimate of drug-likeness (QED) is 0.711. The largest absolute Gasteiger partial charge is 0.494 e. The molecule has 146 valence electrons. The maximum atomic E-state index is 13.2. The molecule has 3 aromatic rings. The Kier molecular flexibility index (Phi) is 5.29. The van der Waals surface area contributed by atoms with E-state index in [0.717, 1.165) is 17.0 Å². The molecule has 1 heterocycles. The minimum Gasteiger partial charge on any atom is -0.494 e. The summed E-state index contributed by atoms with van der Waals surface area (Å²) in [5, 5.41) is 2.94. The lowest BCUT2D eigenvalue weighted by Crippen LogP contribution is -2.45. The molecule has 2 amide bonds. The van der Waals surface area contributed by atoms with Gasteiger partial charge in [0, 0.05) is 23.4 Å². The molecule has 29 heavy (non-hydrogen) atoms. The lowest BCUT2D eigenvalue weighted by Gasteiger charge is -2.25. The monoisotopic (exact) mass is 386 g/mol. The van der Waals surface area contributed by atoms with Crippen molar-refractivity contribution >= 4 is 23.2 Å². The summed E-state index contributed by atoms with van der Waals surface area (Å²) >= 11 is 0. The fourth-order valence-electron chi connectivity index (χ4n) is 3.59. The van der Waals surface area contributed by atoms with Crippen molar-refractivity contribution in [3.05, 3.63) is 90.0 Å². The van der Waals surface area contributed by atoms with Gasteiger partial charge in [-0.3, -0.25) is 14.5 Å². The number of nitrogens with one attached hydrogen (secondary N) is 1. The molecule has 0 saturated heterocycles. The predicted octanol–water partition coefficient (Wildman–Crippen LogP) is 4.30. The number of carbonyl (C=O) groups is 2. The van der Waals surface area contributed by atoms with E-state index >= 15 is 0 Å². The van der Waals surface area contributed by atoms with E-state index < -0.39 is 6.04 Å². The first-order chi connectivity index (χ1) is 14.2. The van der Waals surface area contributed by atoms with Crippen molar-refractivity contribution in [3.8, 4) is 5.75 Å². The van der Waals surface area contributed by atoms with Gasteiger partial charge in [0.25, 0.3) is 5.91 Å². The highest BCUT2D eigenvalue weighted by molar-refractivity contribution is 6.13. The van der Waals surface area contributed by atoms with E-state index in [-0.39, 0.29) is 11.8 Å². The Morgan fingerprint density at radius 3 is 2.38 bits per heavy atom. The first kappa shape index (κ1) is 18.7. The second kappa shape index (κ2) is 8.19. The van der Waals surface area contributed by atoms with Gasteiger partial charge in [0.15, 0.2) is 0 Å². The van der Waals surface area contributed by atoms with Crippen LogP contribution >= 0.6 is 0 Å². The van der Waals surface area contributed by atoms with Crippen molar-refractivity contribution in [2.75, 3.05) is 16.8 Å². The molecule has 3 aromatic carbocycles. The Morgan fingerprint density at radius 1 is 0.966 bits per heavy atom. The van der Waals surface area contributed by atoms with Crippen molar-refractivity contribution in [2.45, 2.75) is 19.4 Å². The number of anilines is 2. The summed E-state index contributed by atoms with van der Waals surface area (Å²) in [5.41, 5.74) is 3.00. The number of para-hydroxylation sites is 1. The minimum absolute atomic E-state index is 0.178. The second-order valence-corrected chi connectivity index (χ2v) is 6.84. The van der Waals surface area contributed by atoms with E-state index in [1.54, 1.807) is 29.2 Å². The fourth-order valence-corrected chi connectivity index (χ4v) is 3.59. The number of ether oxygens (including phenoxy) is 1. The van der Waals surface area contributed by atoms with E-state index in [0.29, 0.717) is 24.3 Å². The average Bonchev–Trinajstić information content (AvgIpc) is 3.15. The third-order valence-electron chi connectivity index (χ3n) is 4.95. The van der Waals surface area contributed by atoms with Gasteiger partial charge in [0.1, 0.15) is 11.8 Å². The first-order valence-corrected chi connectivity index (χ1v) is 9.67. The molecule has 0 unspecified atom stereocenters. The third-order valence-corrected chi connectivity index (χ3v) is 4.95. The van der Waals surface area contributed by atoms with Gasteiger partial charge in [0.2, 0.25) is 5.91 Å². The highest BCUT2D eigenvalue weighted by atomic mass is 16.5. The molecule has 4 rings (SSSR count). The average molecular weight is 386 g/mol. The minimum atomic E-state index is -0.605. The van der Waals surface area contributed by atoms with Crippen LogP contribution in [-0.4, -0.2) is 24.5 Å². The Hall–Kier alpha value is -3.60. The second-order valence-electron chi connectivity index (χ2n) is 6.84. The number of nitrogens with zero attached hydrogens (tertiary/aromatic N) is 1. The summed E-state index contributed by atoms with van der Waals surface area (Å²) in [7, 11) is 0. The molecule has 0 saturated carbocycles. The molecule has 0 aliphatic carbocycles. The molecule has 0 radical (unpaired) electrons. The Morgan fingerprint density at radius 2 is 1.66 bits per heavy atom. The van der Waals surface area contributed by atoms with Gasteiger partial charge in [-0.15, -0.1) is 0 Å². The van der Waals surface area contributed by atoms with Crippen LogP contribution in [0.15, 0.2) is 78.9 Å². The van der Waals surface area contributed by atoms with Crippen molar-refractivity contribution in [3.63, 3.8) is 0 Å². The summed E-state index contributed by atoms with van der Waals surface area (Å²) < 4.78 is 5.44. The number of hydrogen-bond acceptors (Lipinski definition) is 3. The van der Waals surface area contributed by atoms with Crippen molar-refractivity contribution < 1.29 is 14.3 Å². The van der Waals surface area contributed by atoms with Gasteiger partial charge in [-0.25, -0.2) is 0 Å². The molecular weight excluding hydrogens is 364 g/mol. The number of benzene rings is 3. The zero-order chi connectivity index (χ0) is 20.2. The maximum absolute atomic E-state index is 13.2. The molecule has 0 aromatic heterocycles. The van der Waals surface area contributed by atoms with Crippen LogP contribution in [-0.2, 0) is 11.2 Å². The molecule has 1 atom stereocenters. The first-order valence-electron chi connectivity index (χ1n) is 9.67. The van der Waals surface area contributed by atoms with Gasteiger partial charge in [-0.2, -0.15) is 0 Å². The molecule has 1 aliphatic heterocycles. The number of rotatable bonds is 5. The van der Waals surface area contributed by atoms with E-state index in [9.17, 15) is 9.59 Å². The lowest BCUT2D eigenvalue weighted by molar-refractivity contribution is -0.117. The summed E-state index contributed by atoms with van der Waals surface area (Å²) in [5.74, 6) is 0.358. The highest BCUT2D eigenvalue weighted by Gasteiger charge is 2.38. The van der Waals surface area contributed by atoms with Crippen LogP contribution in [0.3, 0.4) is 0 Å². The SMILES string of the molecule is CCOc1ccc(NC(=O)[C@@H]2Cc3ccccc3N2C(=O)c2ccccc2)cc1. The molecule has 5 heteroatoms. The van der Waals surface area contributed by atoms with E-state index in [1.807, 2.05) is 61.5 Å². The molecular formula is C24H22N2O3. The van der Waals surface area contributed by atoms with E-state index in [4.69, 9.17) is 4.74 Å². The topological polar surface area (TPSA) is 58.6 Å². The molecule has 0 bridgehead atoms. The van der Waals surface area contributed by atoms with Crippen molar-refractivity contribution in [1.29, 1.82) is 0 Å². The third kappa shape index (κ3) is 3.85. The number of amides is 2. The van der Waals surface area contributed by atoms with Gasteiger partial charge >= 0.3 is 0 Å². The zero-order valence-electron chi connectivity index (χ0n) is 16.2. The van der Waals surface area contributed by atoms with Crippen LogP contribution in [0.5, 0.6) is 5.75 Å². The Bertz CT molecular complexity index is 1020. The van der Waals surface area contributed by atoms with Gasteiger partial charge < -0.3 is 10.1 Å². The standard InChI is InChI=1S/C24H22N2O3/c1-2-29-20-14-12-19(13-15-20)25-23(27)22-16-18-10-6-7-11-21(18)26(22)24(28)17-8-4-3-5-9-17/h3-15,22H,2,16H2,1H3,(H,25,27)/t22-/m0/s1. The fraction of sp³-hybridized carbons (Fsp3) is 0.167. The predicted molar refractivity (Wildman–Crippen MR) is 113 cm³/mol. The zero-order valence-corrected chi connectivity index (χ0v) is 16.2. The molecule has 0 fully saturated rings. The van der Waals surface area contributed by atoms with E-state index in [2.05, 4.69) is 5.32 Å². The molecule has 1 aliphatic rings. The van der Waals surface area contributed by atoms with Crippen molar-refractivity contribution in [2.24, 2.45) is 0 Å². The smallest absolute Gasteiger partial charge is 0.259 e. The molecule has 5 nitrogen and oxygen atoms in total. The van der Waals surface area contributed by atoms with Gasteiger partial charge in [-0.05, 0) is 55.0 Å². The van der Waals surface area contributed by atoms with Crippen LogP contribution in [0.25, 0.3) is 0 Å². The maximum Gasteiger partial charge on any atom is 0.259 e. The number of fused-ring (bicyclic) bond motifs is 1. The van der Waals surface area contributed by atoms with Crippen LogP contribution in [0.4, 0.5) is 11.4 Å². The highest BCUT2D eigenvalue weighted by Crippen LogP contribution is 2.34. The normalized spacial score (nSPS) is 14.9. The van der Waals surface area contributed by atoms with Gasteiger partial charge in [0.05, 0.1) is 6.61 Å².